The van der Waals surface area contributed by atoms with Gasteiger partial charge >= 0.3 is 0 Å². The van der Waals surface area contributed by atoms with Crippen LogP contribution in [-0.2, 0) is 6.42 Å². The first-order chi connectivity index (χ1) is 7.83. The zero-order chi connectivity index (χ0) is 11.0. The van der Waals surface area contributed by atoms with Gasteiger partial charge in [0.25, 0.3) is 0 Å². The van der Waals surface area contributed by atoms with Crippen molar-refractivity contribution in [2.45, 2.75) is 47.1 Å². The Morgan fingerprint density at radius 3 is 2.88 bits per heavy atom. The van der Waals surface area contributed by atoms with Crippen LogP contribution >= 0.6 is 27.7 Å². The first-order valence-electron chi connectivity index (χ1n) is 6.21. The van der Waals surface area contributed by atoms with Crippen LogP contribution in [0.5, 0.6) is 0 Å². The number of fused-ring (bicyclic) bond motifs is 1. The summed E-state index contributed by atoms with van der Waals surface area (Å²) in [4.78, 5) is 2.31. The molecule has 1 aliphatic carbocycles. The second kappa shape index (κ2) is 4.73. The average Bonchev–Trinajstić information content (AvgIpc) is 2.85. The third kappa shape index (κ3) is 2.19. The lowest BCUT2D eigenvalue weighted by Gasteiger charge is -2.17. The third-order valence-corrected chi connectivity index (χ3v) is 6.40. The van der Waals surface area contributed by atoms with Crippen molar-refractivity contribution in [2.75, 3.05) is 0 Å². The predicted octanol–water partition coefficient (Wildman–Crippen LogP) is 4.66. The molecule has 0 saturated heterocycles. The molecule has 0 N–H and O–H groups in total. The van der Waals surface area contributed by atoms with Gasteiger partial charge in [-0.2, -0.15) is 0 Å². The highest BCUT2D eigenvalue weighted by atomic mass is 79.9. The fraction of sp³-hybridized carbons (Fsp3) is 0.571. The molecule has 1 saturated carbocycles. The maximum atomic E-state index is 3.84. The number of alkyl halides is 1. The topological polar surface area (TPSA) is 0 Å². The highest BCUT2D eigenvalue weighted by molar-refractivity contribution is 9.09. The van der Waals surface area contributed by atoms with Crippen LogP contribution in [0.2, 0.25) is 0 Å². The van der Waals surface area contributed by atoms with Crippen LogP contribution in [0.3, 0.4) is 0 Å². The lowest BCUT2D eigenvalue weighted by Crippen LogP contribution is -2.14. The zero-order valence-electron chi connectivity index (χ0n) is 9.36. The van der Waals surface area contributed by atoms with Crippen LogP contribution in [0.15, 0.2) is 29.2 Å². The van der Waals surface area contributed by atoms with Gasteiger partial charge in [-0.25, -0.2) is 0 Å². The number of hydrogen-bond acceptors (Lipinski definition) is 1. The summed E-state index contributed by atoms with van der Waals surface area (Å²) >= 11 is 5.94. The second-order valence-electron chi connectivity index (χ2n) is 4.99. The zero-order valence-corrected chi connectivity index (χ0v) is 11.8. The van der Waals surface area contributed by atoms with E-state index in [-0.39, 0.29) is 0 Å². The quantitative estimate of drug-likeness (QED) is 0.716. The molecule has 0 spiro atoms. The molecule has 1 fully saturated rings. The Hall–Kier alpha value is 0.0500. The van der Waals surface area contributed by atoms with Crippen molar-refractivity contribution in [3.63, 3.8) is 0 Å². The molecule has 3 unspecified atom stereocenters. The molecule has 3 atom stereocenters. The van der Waals surface area contributed by atoms with Crippen LogP contribution in [0, 0.1) is 5.92 Å². The largest absolute Gasteiger partial charge is 0.122 e. The molecule has 3 rings (SSSR count). The Bertz CT molecular complexity index is 352. The van der Waals surface area contributed by atoms with Gasteiger partial charge in [0.15, 0.2) is 0 Å². The van der Waals surface area contributed by atoms with Gasteiger partial charge < -0.3 is 0 Å². The summed E-state index contributed by atoms with van der Waals surface area (Å²) in [5, 5.41) is 0.834. The van der Waals surface area contributed by atoms with Gasteiger partial charge in [0, 0.05) is 15.0 Å². The van der Waals surface area contributed by atoms with Gasteiger partial charge in [-0.15, -0.1) is 11.8 Å². The smallest absolute Gasteiger partial charge is 0.0174 e. The molecule has 0 bridgehead atoms. The minimum Gasteiger partial charge on any atom is -0.122 e. The summed E-state index contributed by atoms with van der Waals surface area (Å²) in [6.07, 6.45) is 6.93. The fourth-order valence-corrected chi connectivity index (χ4v) is 5.21. The van der Waals surface area contributed by atoms with Gasteiger partial charge in [-0.1, -0.05) is 40.5 Å². The van der Waals surface area contributed by atoms with Gasteiger partial charge in [0.05, 0.1) is 0 Å². The molecule has 1 aromatic rings. The molecule has 2 heteroatoms. The van der Waals surface area contributed by atoms with E-state index < -0.39 is 0 Å². The Kier molecular flexibility index (Phi) is 3.30. The van der Waals surface area contributed by atoms with E-state index in [1.165, 1.54) is 37.0 Å². The predicted molar refractivity (Wildman–Crippen MR) is 74.5 cm³/mol. The van der Waals surface area contributed by atoms with Crippen LogP contribution < -0.4 is 0 Å². The molecule has 0 radical (unpaired) electrons. The number of hydrogen-bond donors (Lipinski definition) is 0. The summed E-state index contributed by atoms with van der Waals surface area (Å²) in [7, 11) is 0. The van der Waals surface area contributed by atoms with Crippen molar-refractivity contribution in [1.82, 2.24) is 0 Å². The standard InChI is InChI=1S/C14H17BrS/c15-13-6-3-5-10(13)8-12-9-11-4-1-2-7-14(11)16-12/h1-2,4,7,10,12-13H,3,5-6,8-9H2. The summed E-state index contributed by atoms with van der Waals surface area (Å²) in [5.74, 6) is 0.923. The Morgan fingerprint density at radius 1 is 1.25 bits per heavy atom. The summed E-state index contributed by atoms with van der Waals surface area (Å²) in [6.45, 7) is 0. The Balaban J connectivity index is 1.63. The second-order valence-corrected chi connectivity index (χ2v) is 7.51. The van der Waals surface area contributed by atoms with E-state index in [0.29, 0.717) is 0 Å². The molecular weight excluding hydrogens is 280 g/mol. The molecule has 1 heterocycles. The Morgan fingerprint density at radius 2 is 2.12 bits per heavy atom. The van der Waals surface area contributed by atoms with Gasteiger partial charge in [-0.05, 0) is 43.2 Å². The number of rotatable bonds is 2. The van der Waals surface area contributed by atoms with E-state index in [4.69, 9.17) is 0 Å². The number of thioether (sulfide) groups is 1. The molecular formula is C14H17BrS. The van der Waals surface area contributed by atoms with E-state index in [0.717, 1.165) is 16.0 Å². The van der Waals surface area contributed by atoms with E-state index >= 15 is 0 Å². The fourth-order valence-electron chi connectivity index (χ4n) is 2.98. The molecule has 0 aromatic heterocycles. The maximum Gasteiger partial charge on any atom is 0.0174 e. The van der Waals surface area contributed by atoms with Crippen LogP contribution in [0.1, 0.15) is 31.2 Å². The molecule has 86 valence electrons. The molecule has 16 heavy (non-hydrogen) atoms. The first kappa shape index (κ1) is 11.2. The monoisotopic (exact) mass is 296 g/mol. The van der Waals surface area contributed by atoms with Gasteiger partial charge in [0.2, 0.25) is 0 Å². The van der Waals surface area contributed by atoms with E-state index in [9.17, 15) is 0 Å². The molecule has 0 nitrogen and oxygen atoms in total. The van der Waals surface area contributed by atoms with Gasteiger partial charge in [0.1, 0.15) is 0 Å². The van der Waals surface area contributed by atoms with E-state index in [2.05, 4.69) is 52.0 Å². The highest BCUT2D eigenvalue weighted by Gasteiger charge is 2.30. The lowest BCUT2D eigenvalue weighted by atomic mass is 9.98. The normalized spacial score (nSPS) is 32.9. The maximum absolute atomic E-state index is 3.84. The summed E-state index contributed by atoms with van der Waals surface area (Å²) in [5.41, 5.74) is 1.57. The number of halogens is 1. The third-order valence-electron chi connectivity index (χ3n) is 3.85. The van der Waals surface area contributed by atoms with Gasteiger partial charge in [-0.3, -0.25) is 0 Å². The minimum absolute atomic E-state index is 0.789. The van der Waals surface area contributed by atoms with Crippen molar-refractivity contribution < 1.29 is 0 Å². The van der Waals surface area contributed by atoms with Crippen LogP contribution in [-0.4, -0.2) is 10.1 Å². The van der Waals surface area contributed by atoms with Crippen LogP contribution in [0.25, 0.3) is 0 Å². The summed E-state index contributed by atoms with van der Waals surface area (Å²) < 4.78 is 0. The van der Waals surface area contributed by atoms with Crippen molar-refractivity contribution >= 4 is 27.7 Å². The first-order valence-corrected chi connectivity index (χ1v) is 8.01. The molecule has 1 aliphatic heterocycles. The van der Waals surface area contributed by atoms with Crippen molar-refractivity contribution in [3.8, 4) is 0 Å². The minimum atomic E-state index is 0.789. The molecule has 2 aliphatic rings. The SMILES string of the molecule is BrC1CCCC1CC1Cc2ccccc2S1. The Labute approximate surface area is 110 Å². The van der Waals surface area contributed by atoms with Crippen molar-refractivity contribution in [3.05, 3.63) is 29.8 Å². The van der Waals surface area contributed by atoms with E-state index in [1.54, 1.807) is 5.56 Å². The van der Waals surface area contributed by atoms with Crippen LogP contribution in [0.4, 0.5) is 0 Å². The highest BCUT2D eigenvalue weighted by Crippen LogP contribution is 2.43. The number of benzene rings is 1. The summed E-state index contributed by atoms with van der Waals surface area (Å²) in [6, 6.07) is 8.91. The lowest BCUT2D eigenvalue weighted by molar-refractivity contribution is 0.507. The van der Waals surface area contributed by atoms with E-state index in [1.807, 2.05) is 0 Å². The van der Waals surface area contributed by atoms with Crippen molar-refractivity contribution in [1.29, 1.82) is 0 Å². The van der Waals surface area contributed by atoms with Crippen molar-refractivity contribution in [2.24, 2.45) is 5.92 Å². The average molecular weight is 297 g/mol. The molecule has 1 aromatic carbocycles. The molecule has 0 amide bonds.